The highest BCUT2D eigenvalue weighted by Crippen LogP contribution is 2.29. The van der Waals surface area contributed by atoms with E-state index in [1.54, 1.807) is 0 Å². The number of aromatic amines is 1. The van der Waals surface area contributed by atoms with E-state index in [9.17, 15) is 19.4 Å². The SMILES string of the molecule is O=c1[nH]c2nc(=S)n(C3OC(CO)C(O)C3O)cc2cc1F. The molecule has 0 saturated carbocycles. The summed E-state index contributed by atoms with van der Waals surface area (Å²) in [6.07, 6.45) is -3.32. The summed E-state index contributed by atoms with van der Waals surface area (Å²) in [7, 11) is 0. The third-order valence-corrected chi connectivity index (χ3v) is 3.80. The number of aliphatic hydroxyl groups is 3. The molecule has 0 bridgehead atoms. The second kappa shape index (κ2) is 5.48. The number of ether oxygens (including phenoxy) is 1. The second-order valence-electron chi connectivity index (χ2n) is 4.91. The van der Waals surface area contributed by atoms with E-state index in [-0.39, 0.29) is 15.8 Å². The molecule has 8 nitrogen and oxygen atoms in total. The molecule has 2 aromatic rings. The van der Waals surface area contributed by atoms with E-state index in [1.165, 1.54) is 10.8 Å². The van der Waals surface area contributed by atoms with Gasteiger partial charge in [0, 0.05) is 11.6 Å². The summed E-state index contributed by atoms with van der Waals surface area (Å²) in [5.41, 5.74) is -0.820. The predicted molar refractivity (Wildman–Crippen MR) is 74.2 cm³/mol. The van der Waals surface area contributed by atoms with Gasteiger partial charge in [-0.3, -0.25) is 9.36 Å². The van der Waals surface area contributed by atoms with Crippen molar-refractivity contribution in [2.45, 2.75) is 24.5 Å². The molecule has 118 valence electrons. The summed E-state index contributed by atoms with van der Waals surface area (Å²) in [6.45, 7) is -0.481. The van der Waals surface area contributed by atoms with Crippen LogP contribution in [0, 0.1) is 10.6 Å². The Morgan fingerprint density at radius 1 is 1.45 bits per heavy atom. The van der Waals surface area contributed by atoms with E-state index in [0.29, 0.717) is 0 Å². The van der Waals surface area contributed by atoms with Gasteiger partial charge in [0.25, 0.3) is 5.56 Å². The lowest BCUT2D eigenvalue weighted by Crippen LogP contribution is -2.33. The molecule has 0 aliphatic carbocycles. The lowest BCUT2D eigenvalue weighted by Gasteiger charge is -2.18. The molecule has 1 saturated heterocycles. The molecule has 1 fully saturated rings. The van der Waals surface area contributed by atoms with E-state index >= 15 is 0 Å². The van der Waals surface area contributed by atoms with Crippen molar-refractivity contribution < 1.29 is 24.4 Å². The van der Waals surface area contributed by atoms with Gasteiger partial charge in [-0.25, -0.2) is 9.37 Å². The van der Waals surface area contributed by atoms with Crippen molar-refractivity contribution in [2.24, 2.45) is 0 Å². The minimum Gasteiger partial charge on any atom is -0.394 e. The van der Waals surface area contributed by atoms with E-state index < -0.39 is 42.5 Å². The van der Waals surface area contributed by atoms with Crippen LogP contribution in [0.1, 0.15) is 6.23 Å². The number of H-pyrrole nitrogens is 1. The molecule has 22 heavy (non-hydrogen) atoms. The van der Waals surface area contributed by atoms with Crippen LogP contribution in [0.2, 0.25) is 0 Å². The Morgan fingerprint density at radius 2 is 2.18 bits per heavy atom. The van der Waals surface area contributed by atoms with E-state index in [2.05, 4.69) is 9.97 Å². The molecule has 4 N–H and O–H groups in total. The Balaban J connectivity index is 2.12. The number of hydrogen-bond donors (Lipinski definition) is 4. The molecule has 0 amide bonds. The summed E-state index contributed by atoms with van der Waals surface area (Å²) in [5.74, 6) is -0.987. The minimum absolute atomic E-state index is 0.0374. The number of halogens is 1. The fourth-order valence-corrected chi connectivity index (χ4v) is 2.60. The maximum atomic E-state index is 13.4. The average Bonchev–Trinajstić information content (AvgIpc) is 2.76. The Morgan fingerprint density at radius 3 is 2.82 bits per heavy atom. The molecular formula is C12H12FN3O5S. The minimum atomic E-state index is -1.34. The first-order valence-electron chi connectivity index (χ1n) is 6.36. The Hall–Kier alpha value is -1.72. The number of aromatic nitrogens is 3. The highest BCUT2D eigenvalue weighted by molar-refractivity contribution is 7.71. The first-order valence-corrected chi connectivity index (χ1v) is 6.77. The lowest BCUT2D eigenvalue weighted by atomic mass is 10.1. The number of pyridine rings is 1. The normalized spacial score (nSPS) is 28.4. The number of rotatable bonds is 2. The van der Waals surface area contributed by atoms with Crippen LogP contribution in [0.3, 0.4) is 0 Å². The second-order valence-corrected chi connectivity index (χ2v) is 5.28. The Kier molecular flexibility index (Phi) is 3.78. The van der Waals surface area contributed by atoms with Gasteiger partial charge in [0.1, 0.15) is 24.0 Å². The molecular weight excluding hydrogens is 317 g/mol. The predicted octanol–water partition coefficient (Wildman–Crippen LogP) is -0.795. The van der Waals surface area contributed by atoms with E-state index in [1.807, 2.05) is 0 Å². The number of nitrogens with one attached hydrogen (secondary N) is 1. The third-order valence-electron chi connectivity index (χ3n) is 3.50. The van der Waals surface area contributed by atoms with Crippen molar-refractivity contribution >= 4 is 23.3 Å². The summed E-state index contributed by atoms with van der Waals surface area (Å²) in [5, 5.41) is 29.1. The zero-order valence-electron chi connectivity index (χ0n) is 11.0. The maximum absolute atomic E-state index is 13.4. The molecule has 4 unspecified atom stereocenters. The van der Waals surface area contributed by atoms with Crippen LogP contribution >= 0.6 is 12.2 Å². The van der Waals surface area contributed by atoms with Crippen molar-refractivity contribution in [3.05, 3.63) is 33.2 Å². The van der Waals surface area contributed by atoms with Crippen molar-refractivity contribution in [3.8, 4) is 0 Å². The number of fused-ring (bicyclic) bond motifs is 1. The van der Waals surface area contributed by atoms with Gasteiger partial charge in [0.15, 0.2) is 12.0 Å². The van der Waals surface area contributed by atoms with Crippen molar-refractivity contribution in [1.82, 2.24) is 14.5 Å². The van der Waals surface area contributed by atoms with Gasteiger partial charge in [0.2, 0.25) is 4.77 Å². The molecule has 0 radical (unpaired) electrons. The molecule has 0 aromatic carbocycles. The van der Waals surface area contributed by atoms with Crippen LogP contribution in [0.5, 0.6) is 0 Å². The molecule has 4 atom stereocenters. The van der Waals surface area contributed by atoms with E-state index in [4.69, 9.17) is 22.1 Å². The first kappa shape index (κ1) is 15.2. The standard InChI is InChI=1S/C12H12FN3O5S/c13-5-1-4-2-16(12(22)15-9(4)14-10(5)20)11-8(19)7(18)6(3-17)21-11/h1-2,6-8,11,17-19H,3H2,(H,14,15,20,22). The van der Waals surface area contributed by atoms with Crippen LogP contribution in [-0.4, -0.2) is 54.8 Å². The Bertz CT molecular complexity index is 838. The maximum Gasteiger partial charge on any atom is 0.285 e. The van der Waals surface area contributed by atoms with Gasteiger partial charge >= 0.3 is 0 Å². The van der Waals surface area contributed by atoms with Crippen molar-refractivity contribution in [2.75, 3.05) is 6.61 Å². The highest BCUT2D eigenvalue weighted by Gasteiger charge is 2.43. The molecule has 1 aliphatic heterocycles. The molecule has 0 spiro atoms. The van der Waals surface area contributed by atoms with Gasteiger partial charge in [-0.1, -0.05) is 0 Å². The molecule has 3 rings (SSSR count). The van der Waals surface area contributed by atoms with Crippen LogP contribution in [0.4, 0.5) is 4.39 Å². The average molecular weight is 329 g/mol. The fourth-order valence-electron chi connectivity index (χ4n) is 2.35. The van der Waals surface area contributed by atoms with Crippen molar-refractivity contribution in [1.29, 1.82) is 0 Å². The van der Waals surface area contributed by atoms with Crippen LogP contribution in [-0.2, 0) is 4.74 Å². The molecule has 2 aromatic heterocycles. The summed E-state index contributed by atoms with van der Waals surface area (Å²) in [6, 6.07) is 0.980. The van der Waals surface area contributed by atoms with Crippen LogP contribution < -0.4 is 5.56 Å². The van der Waals surface area contributed by atoms with Gasteiger partial charge < -0.3 is 25.0 Å². The van der Waals surface area contributed by atoms with Gasteiger partial charge in [-0.2, -0.15) is 0 Å². The number of nitrogens with zero attached hydrogens (tertiary/aromatic N) is 2. The highest BCUT2D eigenvalue weighted by atomic mass is 32.1. The van der Waals surface area contributed by atoms with Crippen LogP contribution in [0.15, 0.2) is 17.1 Å². The zero-order valence-corrected chi connectivity index (χ0v) is 11.8. The quantitative estimate of drug-likeness (QED) is 0.533. The molecule has 1 aliphatic rings. The Labute approximate surface area is 127 Å². The summed E-state index contributed by atoms with van der Waals surface area (Å²) >= 11 is 5.06. The fraction of sp³-hybridized carbons (Fsp3) is 0.417. The molecule has 3 heterocycles. The van der Waals surface area contributed by atoms with Gasteiger partial charge in [-0.05, 0) is 18.3 Å². The topological polar surface area (TPSA) is 121 Å². The van der Waals surface area contributed by atoms with Gasteiger partial charge in [-0.15, -0.1) is 0 Å². The van der Waals surface area contributed by atoms with Crippen molar-refractivity contribution in [3.63, 3.8) is 0 Å². The molecule has 10 heteroatoms. The van der Waals surface area contributed by atoms with E-state index in [0.717, 1.165) is 6.07 Å². The lowest BCUT2D eigenvalue weighted by molar-refractivity contribution is -0.0538. The number of aliphatic hydroxyl groups excluding tert-OH is 3. The van der Waals surface area contributed by atoms with Crippen LogP contribution in [0.25, 0.3) is 11.0 Å². The third kappa shape index (κ3) is 2.34. The largest absolute Gasteiger partial charge is 0.394 e. The first-order chi connectivity index (χ1) is 10.4. The zero-order chi connectivity index (χ0) is 16.0. The number of hydrogen-bond acceptors (Lipinski definition) is 7. The van der Waals surface area contributed by atoms with Gasteiger partial charge in [0.05, 0.1) is 6.61 Å². The smallest absolute Gasteiger partial charge is 0.285 e. The summed E-state index contributed by atoms with van der Waals surface area (Å²) in [4.78, 5) is 17.4. The summed E-state index contributed by atoms with van der Waals surface area (Å²) < 4.78 is 19.9. The monoisotopic (exact) mass is 329 g/mol.